The van der Waals surface area contributed by atoms with Crippen LogP contribution in [0, 0.1) is 0 Å². The standard InChI is InChI=1S/C32H45ClN2O3S.BrH/c1-2-3-4-5-6-7-8-9-10-11-12-15-21-37-31-23-28(18-19-29(31)33)38-25-32(36)34-30-17-14-13-16-27(30)24-35-20-22-39-26-35;/h13-14,16-20,22-23H,2-12,15,21,24-26H2,1H3,(H,34,36);1H. The molecule has 1 amide bonds. The van der Waals surface area contributed by atoms with Gasteiger partial charge in [0, 0.05) is 24.5 Å². The van der Waals surface area contributed by atoms with Crippen molar-refractivity contribution in [3.8, 4) is 11.5 Å². The minimum absolute atomic E-state index is 0. The SMILES string of the molecule is Br.CCCCCCCCCCCCCCOc1cc(OCC(=O)Nc2ccccc2CN2C=CSC2)ccc1Cl. The summed E-state index contributed by atoms with van der Waals surface area (Å²) in [6, 6.07) is 13.1. The Morgan fingerprint density at radius 2 is 1.60 bits per heavy atom. The largest absolute Gasteiger partial charge is 0.492 e. The Morgan fingerprint density at radius 1 is 0.925 bits per heavy atom. The molecule has 0 bridgehead atoms. The molecular weight excluding hydrogens is 608 g/mol. The molecule has 1 aliphatic rings. The summed E-state index contributed by atoms with van der Waals surface area (Å²) >= 11 is 8.09. The minimum atomic E-state index is -0.206. The average Bonchev–Trinajstić information content (AvgIpc) is 3.46. The van der Waals surface area contributed by atoms with Gasteiger partial charge in [-0.15, -0.1) is 28.7 Å². The number of anilines is 1. The van der Waals surface area contributed by atoms with Crippen molar-refractivity contribution in [2.75, 3.05) is 24.4 Å². The summed E-state index contributed by atoms with van der Waals surface area (Å²) in [5.41, 5.74) is 1.87. The van der Waals surface area contributed by atoms with Crippen LogP contribution in [0.5, 0.6) is 11.5 Å². The Kier molecular flexibility index (Phi) is 18.0. The smallest absolute Gasteiger partial charge is 0.262 e. The van der Waals surface area contributed by atoms with E-state index >= 15 is 0 Å². The van der Waals surface area contributed by atoms with Gasteiger partial charge in [0.05, 0.1) is 17.5 Å². The number of para-hydroxylation sites is 1. The van der Waals surface area contributed by atoms with Gasteiger partial charge in [-0.2, -0.15) is 0 Å². The highest BCUT2D eigenvalue weighted by Crippen LogP contribution is 2.29. The molecule has 1 heterocycles. The Balaban J connectivity index is 0.00000560. The van der Waals surface area contributed by atoms with E-state index in [0.717, 1.165) is 30.1 Å². The molecule has 0 saturated heterocycles. The summed E-state index contributed by atoms with van der Waals surface area (Å²) in [6.45, 7) is 3.55. The topological polar surface area (TPSA) is 50.8 Å². The number of benzene rings is 2. The number of carbonyl (C=O) groups is 1. The number of amides is 1. The van der Waals surface area contributed by atoms with E-state index in [-0.39, 0.29) is 29.5 Å². The number of hydrogen-bond acceptors (Lipinski definition) is 5. The third kappa shape index (κ3) is 13.7. The van der Waals surface area contributed by atoms with E-state index in [1.165, 1.54) is 70.6 Å². The molecule has 2 aromatic carbocycles. The van der Waals surface area contributed by atoms with Gasteiger partial charge in [-0.3, -0.25) is 4.79 Å². The maximum atomic E-state index is 12.6. The van der Waals surface area contributed by atoms with E-state index in [4.69, 9.17) is 21.1 Å². The minimum Gasteiger partial charge on any atom is -0.492 e. The number of hydrogen-bond donors (Lipinski definition) is 1. The number of nitrogens with one attached hydrogen (secondary N) is 1. The van der Waals surface area contributed by atoms with Crippen molar-refractivity contribution in [1.29, 1.82) is 0 Å². The van der Waals surface area contributed by atoms with E-state index in [1.54, 1.807) is 30.0 Å². The van der Waals surface area contributed by atoms with Gasteiger partial charge >= 0.3 is 0 Å². The van der Waals surface area contributed by atoms with Crippen LogP contribution in [0.1, 0.15) is 89.5 Å². The predicted octanol–water partition coefficient (Wildman–Crippen LogP) is 9.99. The summed E-state index contributed by atoms with van der Waals surface area (Å²) in [7, 11) is 0. The van der Waals surface area contributed by atoms with Crippen LogP contribution in [0.3, 0.4) is 0 Å². The number of halogens is 2. The van der Waals surface area contributed by atoms with Gasteiger partial charge in [-0.1, -0.05) is 107 Å². The fourth-order valence-electron chi connectivity index (χ4n) is 4.55. The molecule has 0 atom stereocenters. The monoisotopic (exact) mass is 652 g/mol. The Hall–Kier alpha value is -1.83. The second kappa shape index (κ2) is 21.0. The van der Waals surface area contributed by atoms with Crippen LogP contribution in [-0.4, -0.2) is 29.9 Å². The maximum Gasteiger partial charge on any atom is 0.262 e. The molecule has 0 saturated carbocycles. The van der Waals surface area contributed by atoms with Crippen LogP contribution in [0.2, 0.25) is 5.02 Å². The number of nitrogens with zero attached hydrogens (tertiary/aromatic N) is 1. The van der Waals surface area contributed by atoms with E-state index in [2.05, 4.69) is 28.7 Å². The Morgan fingerprint density at radius 3 is 2.27 bits per heavy atom. The van der Waals surface area contributed by atoms with Crippen molar-refractivity contribution in [3.63, 3.8) is 0 Å². The normalized spacial score (nSPS) is 12.3. The number of ether oxygens (including phenoxy) is 2. The third-order valence-corrected chi connectivity index (χ3v) is 7.91. The van der Waals surface area contributed by atoms with Crippen molar-refractivity contribution < 1.29 is 14.3 Å². The van der Waals surface area contributed by atoms with Gasteiger partial charge < -0.3 is 19.7 Å². The van der Waals surface area contributed by atoms with Crippen molar-refractivity contribution in [1.82, 2.24) is 4.90 Å². The summed E-state index contributed by atoms with van der Waals surface area (Å²) in [6.07, 6.45) is 17.8. The first kappa shape index (κ1) is 34.4. The molecule has 0 unspecified atom stereocenters. The molecule has 1 N–H and O–H groups in total. The Labute approximate surface area is 261 Å². The van der Waals surface area contributed by atoms with Crippen LogP contribution in [0.15, 0.2) is 54.1 Å². The Bertz CT molecular complexity index is 1020. The fourth-order valence-corrected chi connectivity index (χ4v) is 5.44. The molecule has 222 valence electrons. The molecule has 0 radical (unpaired) electrons. The fraction of sp³-hybridized carbons (Fsp3) is 0.531. The van der Waals surface area contributed by atoms with Crippen LogP contribution in [0.4, 0.5) is 5.69 Å². The lowest BCUT2D eigenvalue weighted by Gasteiger charge is -2.18. The third-order valence-electron chi connectivity index (χ3n) is 6.80. The van der Waals surface area contributed by atoms with Crippen LogP contribution in [-0.2, 0) is 11.3 Å². The summed E-state index contributed by atoms with van der Waals surface area (Å²) in [5, 5.41) is 5.61. The highest BCUT2D eigenvalue weighted by atomic mass is 79.9. The van der Waals surface area contributed by atoms with Crippen molar-refractivity contribution in [2.24, 2.45) is 0 Å². The van der Waals surface area contributed by atoms with Gasteiger partial charge in [0.1, 0.15) is 11.5 Å². The summed E-state index contributed by atoms with van der Waals surface area (Å²) in [5.74, 6) is 1.88. The summed E-state index contributed by atoms with van der Waals surface area (Å²) in [4.78, 5) is 14.8. The number of carbonyl (C=O) groups excluding carboxylic acids is 1. The zero-order chi connectivity index (χ0) is 27.5. The molecule has 40 heavy (non-hydrogen) atoms. The highest BCUT2D eigenvalue weighted by Gasteiger charge is 2.12. The van der Waals surface area contributed by atoms with Gasteiger partial charge in [0.15, 0.2) is 6.61 Å². The predicted molar refractivity (Wildman–Crippen MR) is 176 cm³/mol. The quantitative estimate of drug-likeness (QED) is 0.144. The van der Waals surface area contributed by atoms with E-state index < -0.39 is 0 Å². The van der Waals surface area contributed by atoms with Crippen molar-refractivity contribution >= 4 is 51.9 Å². The lowest BCUT2D eigenvalue weighted by Crippen LogP contribution is -2.22. The van der Waals surface area contributed by atoms with Gasteiger partial charge in [0.2, 0.25) is 0 Å². The molecule has 5 nitrogen and oxygen atoms in total. The number of thioether (sulfide) groups is 1. The van der Waals surface area contributed by atoms with Crippen LogP contribution < -0.4 is 14.8 Å². The van der Waals surface area contributed by atoms with E-state index in [0.29, 0.717) is 23.1 Å². The van der Waals surface area contributed by atoms with Gasteiger partial charge in [-0.25, -0.2) is 0 Å². The zero-order valence-corrected chi connectivity index (χ0v) is 27.2. The maximum absolute atomic E-state index is 12.6. The lowest BCUT2D eigenvalue weighted by molar-refractivity contribution is -0.118. The van der Waals surface area contributed by atoms with Crippen LogP contribution >= 0.6 is 40.3 Å². The van der Waals surface area contributed by atoms with Crippen molar-refractivity contribution in [2.45, 2.75) is 90.5 Å². The lowest BCUT2D eigenvalue weighted by atomic mass is 10.1. The molecule has 2 aromatic rings. The van der Waals surface area contributed by atoms with Crippen molar-refractivity contribution in [3.05, 3.63) is 64.7 Å². The van der Waals surface area contributed by atoms with E-state index in [9.17, 15) is 4.79 Å². The first-order chi connectivity index (χ1) is 19.2. The second-order valence-electron chi connectivity index (χ2n) is 10.2. The molecule has 0 fully saturated rings. The average molecular weight is 654 g/mol. The zero-order valence-electron chi connectivity index (χ0n) is 23.9. The first-order valence-corrected chi connectivity index (χ1v) is 16.0. The molecule has 3 rings (SSSR count). The molecule has 0 aliphatic carbocycles. The first-order valence-electron chi connectivity index (χ1n) is 14.6. The summed E-state index contributed by atoms with van der Waals surface area (Å²) < 4.78 is 11.7. The molecule has 0 spiro atoms. The van der Waals surface area contributed by atoms with Gasteiger partial charge in [0.25, 0.3) is 5.91 Å². The number of rotatable bonds is 20. The molecule has 1 aliphatic heterocycles. The molecule has 8 heteroatoms. The second-order valence-corrected chi connectivity index (χ2v) is 11.4. The molecule has 0 aromatic heterocycles. The van der Waals surface area contributed by atoms with E-state index in [1.807, 2.05) is 24.3 Å². The number of unbranched alkanes of at least 4 members (excludes halogenated alkanes) is 11. The highest BCUT2D eigenvalue weighted by molar-refractivity contribution is 8.93. The molecular formula is C32H46BrClN2O3S. The van der Waals surface area contributed by atoms with Crippen LogP contribution in [0.25, 0.3) is 0 Å². The van der Waals surface area contributed by atoms with Gasteiger partial charge in [-0.05, 0) is 35.6 Å².